The summed E-state index contributed by atoms with van der Waals surface area (Å²) >= 11 is 0. The van der Waals surface area contributed by atoms with E-state index in [1.807, 2.05) is 0 Å². The number of rotatable bonds is 8. The Bertz CT molecular complexity index is 755. The predicted molar refractivity (Wildman–Crippen MR) is 100 cm³/mol. The lowest BCUT2D eigenvalue weighted by Gasteiger charge is -2.23. The quantitative estimate of drug-likeness (QED) is 0.571. The summed E-state index contributed by atoms with van der Waals surface area (Å²) in [6, 6.07) is 1.38. The van der Waals surface area contributed by atoms with Crippen LogP contribution < -0.4 is 16.7 Å². The topological polar surface area (TPSA) is 146 Å². The fraction of sp³-hybridized carbons (Fsp3) is 0.588. The number of alkyl carbamates (subject to hydrolysis) is 1. The number of nitrogen functional groups attached to an aromatic ring is 1. The molecule has 0 aliphatic rings. The van der Waals surface area contributed by atoms with Crippen LogP contribution in [0.2, 0.25) is 0 Å². The van der Waals surface area contributed by atoms with Gasteiger partial charge in [0.15, 0.2) is 0 Å². The van der Waals surface area contributed by atoms with Gasteiger partial charge in [-0.3, -0.25) is 14.2 Å². The summed E-state index contributed by atoms with van der Waals surface area (Å²) in [6.07, 6.45) is 0.694. The van der Waals surface area contributed by atoms with E-state index in [4.69, 9.17) is 15.2 Å². The molecule has 11 nitrogen and oxygen atoms in total. The van der Waals surface area contributed by atoms with Gasteiger partial charge in [-0.05, 0) is 33.8 Å². The fourth-order valence-electron chi connectivity index (χ4n) is 2.07. The number of amides is 2. The van der Waals surface area contributed by atoms with Crippen molar-refractivity contribution in [1.29, 1.82) is 0 Å². The molecule has 0 aromatic carbocycles. The number of esters is 1. The zero-order chi connectivity index (χ0) is 21.3. The summed E-state index contributed by atoms with van der Waals surface area (Å²) in [4.78, 5) is 52.6. The van der Waals surface area contributed by atoms with Crippen molar-refractivity contribution in [2.45, 2.75) is 39.8 Å². The summed E-state index contributed by atoms with van der Waals surface area (Å²) in [6.45, 7) is 6.40. The summed E-state index contributed by atoms with van der Waals surface area (Å²) in [7, 11) is 0. The van der Waals surface area contributed by atoms with E-state index >= 15 is 0 Å². The van der Waals surface area contributed by atoms with Crippen LogP contribution in [0.4, 0.5) is 10.6 Å². The van der Waals surface area contributed by atoms with Gasteiger partial charge in [-0.25, -0.2) is 9.59 Å². The minimum absolute atomic E-state index is 0.0219. The third-order valence-corrected chi connectivity index (χ3v) is 3.23. The zero-order valence-corrected chi connectivity index (χ0v) is 16.6. The number of nitrogens with one attached hydrogen (secondary N) is 1. The molecule has 0 saturated heterocycles. The average molecular weight is 397 g/mol. The van der Waals surface area contributed by atoms with Gasteiger partial charge in [0.2, 0.25) is 5.91 Å². The molecule has 0 spiro atoms. The van der Waals surface area contributed by atoms with Gasteiger partial charge in [0.25, 0.3) is 0 Å². The lowest BCUT2D eigenvalue weighted by molar-refractivity contribution is -0.149. The van der Waals surface area contributed by atoms with E-state index in [1.54, 1.807) is 27.7 Å². The van der Waals surface area contributed by atoms with Crippen LogP contribution in [0.25, 0.3) is 0 Å². The van der Waals surface area contributed by atoms with Crippen LogP contribution in [0.1, 0.15) is 27.7 Å². The number of nitrogens with zero attached hydrogens (tertiary/aromatic N) is 3. The highest BCUT2D eigenvalue weighted by atomic mass is 16.6. The number of ether oxygens (including phenoxy) is 2. The molecule has 0 radical (unpaired) electrons. The Labute approximate surface area is 162 Å². The molecule has 1 aromatic heterocycles. The minimum Gasteiger partial charge on any atom is -0.465 e. The molecular weight excluding hydrogens is 370 g/mol. The Morgan fingerprint density at radius 1 is 1.32 bits per heavy atom. The number of hydrogen-bond acceptors (Lipinski definition) is 8. The van der Waals surface area contributed by atoms with Crippen LogP contribution in [0, 0.1) is 0 Å². The van der Waals surface area contributed by atoms with E-state index in [1.165, 1.54) is 17.2 Å². The van der Waals surface area contributed by atoms with Crippen molar-refractivity contribution in [1.82, 2.24) is 19.8 Å². The van der Waals surface area contributed by atoms with Crippen molar-refractivity contribution in [3.8, 4) is 0 Å². The lowest BCUT2D eigenvalue weighted by atomic mass is 10.2. The lowest BCUT2D eigenvalue weighted by Crippen LogP contribution is -2.44. The summed E-state index contributed by atoms with van der Waals surface area (Å²) in [5.74, 6) is -1.08. The number of carbonyl (C=O) groups excluding carboxylic acids is 3. The third-order valence-electron chi connectivity index (χ3n) is 3.23. The second-order valence-corrected chi connectivity index (χ2v) is 6.81. The second-order valence-electron chi connectivity index (χ2n) is 6.81. The molecule has 0 atom stereocenters. The summed E-state index contributed by atoms with van der Waals surface area (Å²) in [5.41, 5.74) is 4.08. The molecule has 3 N–H and O–H groups in total. The van der Waals surface area contributed by atoms with Crippen molar-refractivity contribution in [2.75, 3.05) is 32.0 Å². The zero-order valence-electron chi connectivity index (χ0n) is 16.6. The highest BCUT2D eigenvalue weighted by molar-refractivity contribution is 5.82. The van der Waals surface area contributed by atoms with E-state index in [0.29, 0.717) is 0 Å². The molecule has 0 unspecified atom stereocenters. The van der Waals surface area contributed by atoms with E-state index in [0.717, 1.165) is 4.57 Å². The highest BCUT2D eigenvalue weighted by Gasteiger charge is 2.20. The first kappa shape index (κ1) is 22.9. The van der Waals surface area contributed by atoms with Gasteiger partial charge in [-0.1, -0.05) is 0 Å². The minimum atomic E-state index is -0.684. The SMILES string of the molecule is CCOC(=O)CN(CCNC(=O)OC(C)(C)C)C(=O)Cn1ccc(N)nc1=O. The van der Waals surface area contributed by atoms with Crippen molar-refractivity contribution in [3.63, 3.8) is 0 Å². The Balaban J connectivity index is 2.75. The van der Waals surface area contributed by atoms with Crippen LogP contribution in [-0.4, -0.2) is 64.3 Å². The molecule has 0 bridgehead atoms. The highest BCUT2D eigenvalue weighted by Crippen LogP contribution is 2.06. The van der Waals surface area contributed by atoms with Gasteiger partial charge >= 0.3 is 17.8 Å². The molecule has 156 valence electrons. The van der Waals surface area contributed by atoms with Crippen molar-refractivity contribution < 1.29 is 23.9 Å². The van der Waals surface area contributed by atoms with Crippen LogP contribution in [0.15, 0.2) is 17.1 Å². The molecule has 2 amide bonds. The molecule has 1 heterocycles. The van der Waals surface area contributed by atoms with Gasteiger partial charge in [0.05, 0.1) is 6.61 Å². The number of nitrogens with two attached hydrogens (primary N) is 1. The number of aromatic nitrogens is 2. The second kappa shape index (κ2) is 10.3. The molecule has 1 rings (SSSR count). The van der Waals surface area contributed by atoms with Gasteiger partial charge in [0, 0.05) is 19.3 Å². The molecule has 11 heteroatoms. The van der Waals surface area contributed by atoms with Crippen LogP contribution in [0.3, 0.4) is 0 Å². The maximum absolute atomic E-state index is 12.5. The maximum Gasteiger partial charge on any atom is 0.407 e. The molecule has 0 aliphatic heterocycles. The number of carbonyl (C=O) groups is 3. The van der Waals surface area contributed by atoms with Crippen molar-refractivity contribution in [3.05, 3.63) is 22.7 Å². The summed E-state index contributed by atoms with van der Waals surface area (Å²) in [5, 5.41) is 2.51. The first-order chi connectivity index (χ1) is 13.0. The Hall–Kier alpha value is -3.11. The maximum atomic E-state index is 12.5. The Kier molecular flexibility index (Phi) is 8.42. The third kappa shape index (κ3) is 8.52. The molecule has 0 saturated carbocycles. The number of anilines is 1. The van der Waals surface area contributed by atoms with E-state index < -0.39 is 29.3 Å². The molecular formula is C17H27N5O6. The smallest absolute Gasteiger partial charge is 0.407 e. The molecule has 0 aliphatic carbocycles. The first-order valence-corrected chi connectivity index (χ1v) is 8.75. The van der Waals surface area contributed by atoms with E-state index in [9.17, 15) is 19.2 Å². The van der Waals surface area contributed by atoms with Gasteiger partial charge in [-0.2, -0.15) is 4.98 Å². The molecule has 1 aromatic rings. The van der Waals surface area contributed by atoms with Crippen molar-refractivity contribution >= 4 is 23.8 Å². The molecule has 0 fully saturated rings. The summed E-state index contributed by atoms with van der Waals surface area (Å²) < 4.78 is 11.0. The van der Waals surface area contributed by atoms with Gasteiger partial charge in [0.1, 0.15) is 24.5 Å². The van der Waals surface area contributed by atoms with Gasteiger partial charge < -0.3 is 25.4 Å². The molecule has 28 heavy (non-hydrogen) atoms. The Morgan fingerprint density at radius 2 is 2.00 bits per heavy atom. The van der Waals surface area contributed by atoms with E-state index in [-0.39, 0.29) is 38.6 Å². The largest absolute Gasteiger partial charge is 0.465 e. The Morgan fingerprint density at radius 3 is 2.57 bits per heavy atom. The first-order valence-electron chi connectivity index (χ1n) is 8.75. The van der Waals surface area contributed by atoms with Gasteiger partial charge in [-0.15, -0.1) is 0 Å². The number of hydrogen-bond donors (Lipinski definition) is 2. The monoisotopic (exact) mass is 397 g/mol. The normalized spacial score (nSPS) is 10.9. The van der Waals surface area contributed by atoms with Crippen molar-refractivity contribution in [2.24, 2.45) is 0 Å². The van der Waals surface area contributed by atoms with E-state index in [2.05, 4.69) is 10.3 Å². The van der Waals surface area contributed by atoms with Crippen LogP contribution >= 0.6 is 0 Å². The average Bonchev–Trinajstić information content (AvgIpc) is 2.55. The van der Waals surface area contributed by atoms with Crippen LogP contribution in [-0.2, 0) is 25.6 Å². The standard InChI is InChI=1S/C17H27N5O6/c1-5-27-14(24)11-21(9-7-19-16(26)28-17(2,3)4)13(23)10-22-8-6-12(18)20-15(22)25/h6,8H,5,7,9-11H2,1-4H3,(H,19,26)(H2,18,20,25). The van der Waals surface area contributed by atoms with Crippen LogP contribution in [0.5, 0.6) is 0 Å². The fourth-order valence-corrected chi connectivity index (χ4v) is 2.07. The predicted octanol–water partition coefficient (Wildman–Crippen LogP) is -0.258.